The number of phenolic OH excluding ortho intramolecular Hbond substituents is 1. The zero-order chi connectivity index (χ0) is 17.8. The molecule has 2 aromatic rings. The highest BCUT2D eigenvalue weighted by molar-refractivity contribution is 5.94. The Kier molecular flexibility index (Phi) is 5.38. The molecule has 1 N–H and O–H groups in total. The molecule has 6 heteroatoms. The lowest BCUT2D eigenvalue weighted by molar-refractivity contribution is 0.0702. The van der Waals surface area contributed by atoms with E-state index >= 15 is 0 Å². The maximum absolute atomic E-state index is 12.7. The van der Waals surface area contributed by atoms with Gasteiger partial charge >= 0.3 is 0 Å². The molecule has 6 nitrogen and oxygen atoms in total. The predicted molar refractivity (Wildman–Crippen MR) is 96.8 cm³/mol. The fraction of sp³-hybridized carbons (Fsp3) is 0.474. The summed E-state index contributed by atoms with van der Waals surface area (Å²) in [6.45, 7) is 3.29. The lowest BCUT2D eigenvalue weighted by Crippen LogP contribution is -2.39. The first-order valence-electron chi connectivity index (χ1n) is 8.78. The Morgan fingerprint density at radius 2 is 2.24 bits per heavy atom. The summed E-state index contributed by atoms with van der Waals surface area (Å²) in [5.41, 5.74) is 0.539. The first-order chi connectivity index (χ1) is 12.0. The van der Waals surface area contributed by atoms with E-state index in [1.807, 2.05) is 17.3 Å². The fourth-order valence-corrected chi connectivity index (χ4v) is 3.37. The predicted octanol–water partition coefficient (Wildman–Crippen LogP) is 2.17. The average molecular weight is 342 g/mol. The van der Waals surface area contributed by atoms with Gasteiger partial charge in [0.15, 0.2) is 0 Å². The molecule has 1 saturated heterocycles. The second-order valence-corrected chi connectivity index (χ2v) is 6.92. The SMILES string of the molecule is CN(C)CCn1ccnc1[C@H]1CCCN(C(=O)c2cccc(O)c2)C1. The molecule has 1 aromatic carbocycles. The van der Waals surface area contributed by atoms with Crippen LogP contribution in [0.4, 0.5) is 0 Å². The van der Waals surface area contributed by atoms with Crippen molar-refractivity contribution in [3.05, 3.63) is 48.0 Å². The first-order valence-corrected chi connectivity index (χ1v) is 8.78. The smallest absolute Gasteiger partial charge is 0.254 e. The van der Waals surface area contributed by atoms with E-state index in [0.717, 1.165) is 38.3 Å². The second-order valence-electron chi connectivity index (χ2n) is 6.92. The molecule has 1 aromatic heterocycles. The lowest BCUT2D eigenvalue weighted by atomic mass is 9.96. The molecule has 3 rings (SSSR count). The van der Waals surface area contributed by atoms with Crippen LogP contribution < -0.4 is 0 Å². The normalized spacial score (nSPS) is 17.9. The van der Waals surface area contributed by atoms with Crippen molar-refractivity contribution in [2.75, 3.05) is 33.7 Å². The van der Waals surface area contributed by atoms with Crippen molar-refractivity contribution in [2.45, 2.75) is 25.3 Å². The quantitative estimate of drug-likeness (QED) is 0.905. The summed E-state index contributed by atoms with van der Waals surface area (Å²) in [6.07, 6.45) is 5.88. The highest BCUT2D eigenvalue weighted by Gasteiger charge is 2.28. The van der Waals surface area contributed by atoms with E-state index in [2.05, 4.69) is 28.5 Å². The Morgan fingerprint density at radius 1 is 1.40 bits per heavy atom. The van der Waals surface area contributed by atoms with E-state index in [-0.39, 0.29) is 17.6 Å². The molecular formula is C19H26N4O2. The van der Waals surface area contributed by atoms with Crippen LogP contribution in [0.25, 0.3) is 0 Å². The van der Waals surface area contributed by atoms with Crippen LogP contribution in [0.5, 0.6) is 5.75 Å². The van der Waals surface area contributed by atoms with Gasteiger partial charge < -0.3 is 19.5 Å². The maximum atomic E-state index is 12.7. The lowest BCUT2D eigenvalue weighted by Gasteiger charge is -2.33. The van der Waals surface area contributed by atoms with Crippen molar-refractivity contribution >= 4 is 5.91 Å². The number of aromatic hydroxyl groups is 1. The van der Waals surface area contributed by atoms with Crippen LogP contribution >= 0.6 is 0 Å². The molecule has 0 saturated carbocycles. The number of hydrogen-bond acceptors (Lipinski definition) is 4. The fourth-order valence-electron chi connectivity index (χ4n) is 3.37. The summed E-state index contributed by atoms with van der Waals surface area (Å²) in [5.74, 6) is 1.42. The van der Waals surface area contributed by atoms with E-state index < -0.39 is 0 Å². The summed E-state index contributed by atoms with van der Waals surface area (Å²) in [6, 6.07) is 6.57. The molecule has 0 radical (unpaired) electrons. The van der Waals surface area contributed by atoms with Gasteiger partial charge in [0.1, 0.15) is 11.6 Å². The number of aromatic nitrogens is 2. The van der Waals surface area contributed by atoms with E-state index in [1.165, 1.54) is 6.07 Å². The topological polar surface area (TPSA) is 61.6 Å². The zero-order valence-electron chi connectivity index (χ0n) is 14.9. The number of rotatable bonds is 5. The van der Waals surface area contributed by atoms with Crippen molar-refractivity contribution in [1.29, 1.82) is 0 Å². The van der Waals surface area contributed by atoms with Gasteiger partial charge in [-0.3, -0.25) is 4.79 Å². The largest absolute Gasteiger partial charge is 0.508 e. The van der Waals surface area contributed by atoms with Crippen LogP contribution in [0.1, 0.15) is 34.9 Å². The molecule has 0 spiro atoms. The summed E-state index contributed by atoms with van der Waals surface area (Å²) in [7, 11) is 4.12. The van der Waals surface area contributed by atoms with E-state index in [9.17, 15) is 9.90 Å². The van der Waals surface area contributed by atoms with Gasteiger partial charge in [0.25, 0.3) is 5.91 Å². The molecule has 1 aliphatic rings. The van der Waals surface area contributed by atoms with Crippen LogP contribution in [0.2, 0.25) is 0 Å². The van der Waals surface area contributed by atoms with Crippen LogP contribution in [-0.2, 0) is 6.54 Å². The number of phenols is 1. The van der Waals surface area contributed by atoms with Gasteiger partial charge in [0.05, 0.1) is 0 Å². The molecule has 2 heterocycles. The third-order valence-electron chi connectivity index (χ3n) is 4.70. The average Bonchev–Trinajstić information content (AvgIpc) is 3.08. The van der Waals surface area contributed by atoms with Gasteiger partial charge in [0.2, 0.25) is 0 Å². The monoisotopic (exact) mass is 342 g/mol. The highest BCUT2D eigenvalue weighted by Crippen LogP contribution is 2.27. The molecule has 0 bridgehead atoms. The van der Waals surface area contributed by atoms with Crippen molar-refractivity contribution in [1.82, 2.24) is 19.4 Å². The Hall–Kier alpha value is -2.34. The van der Waals surface area contributed by atoms with E-state index in [0.29, 0.717) is 12.1 Å². The van der Waals surface area contributed by atoms with E-state index in [1.54, 1.807) is 18.2 Å². The number of nitrogens with zero attached hydrogens (tertiary/aromatic N) is 4. The minimum absolute atomic E-state index is 0.0213. The Labute approximate surface area is 148 Å². The number of likely N-dealkylation sites (N-methyl/N-ethyl adjacent to an activating group) is 1. The summed E-state index contributed by atoms with van der Waals surface area (Å²) in [4.78, 5) is 21.4. The van der Waals surface area contributed by atoms with Crippen molar-refractivity contribution < 1.29 is 9.90 Å². The van der Waals surface area contributed by atoms with Gasteiger partial charge in [-0.05, 0) is 45.1 Å². The third kappa shape index (κ3) is 4.20. The van der Waals surface area contributed by atoms with E-state index in [4.69, 9.17) is 0 Å². The number of imidazole rings is 1. The van der Waals surface area contributed by atoms with Crippen molar-refractivity contribution in [2.24, 2.45) is 0 Å². The number of benzene rings is 1. The zero-order valence-corrected chi connectivity index (χ0v) is 14.9. The second kappa shape index (κ2) is 7.70. The molecule has 1 atom stereocenters. The van der Waals surface area contributed by atoms with Gasteiger partial charge in [-0.15, -0.1) is 0 Å². The Balaban J connectivity index is 1.71. The molecule has 134 valence electrons. The number of carbonyl (C=O) groups is 1. The first kappa shape index (κ1) is 17.5. The maximum Gasteiger partial charge on any atom is 0.254 e. The minimum Gasteiger partial charge on any atom is -0.508 e. The number of hydrogen-bond donors (Lipinski definition) is 1. The van der Waals surface area contributed by atoms with Crippen LogP contribution in [0, 0.1) is 0 Å². The summed E-state index contributed by atoms with van der Waals surface area (Å²) in [5, 5.41) is 9.61. The standard InChI is InChI=1S/C19H26N4O2/c1-21(2)11-12-22-10-8-20-18(22)16-6-4-9-23(14-16)19(25)15-5-3-7-17(24)13-15/h3,5,7-8,10,13,16,24H,4,6,9,11-12,14H2,1-2H3/t16-/m0/s1. The highest BCUT2D eigenvalue weighted by atomic mass is 16.3. The molecule has 0 unspecified atom stereocenters. The molecule has 1 fully saturated rings. The number of piperidine rings is 1. The van der Waals surface area contributed by atoms with Gasteiger partial charge in [-0.2, -0.15) is 0 Å². The third-order valence-corrected chi connectivity index (χ3v) is 4.70. The van der Waals surface area contributed by atoms with Gasteiger partial charge in [-0.25, -0.2) is 4.98 Å². The number of amides is 1. The molecule has 0 aliphatic carbocycles. The van der Waals surface area contributed by atoms with Crippen molar-refractivity contribution in [3.63, 3.8) is 0 Å². The van der Waals surface area contributed by atoms with Gasteiger partial charge in [0, 0.05) is 50.1 Å². The number of carbonyl (C=O) groups excluding carboxylic acids is 1. The Bertz CT molecular complexity index is 726. The molecular weight excluding hydrogens is 316 g/mol. The van der Waals surface area contributed by atoms with Crippen LogP contribution in [0.3, 0.4) is 0 Å². The molecule has 1 amide bonds. The summed E-state index contributed by atoms with van der Waals surface area (Å²) >= 11 is 0. The van der Waals surface area contributed by atoms with Crippen LogP contribution in [0.15, 0.2) is 36.7 Å². The van der Waals surface area contributed by atoms with Crippen LogP contribution in [-0.4, -0.2) is 64.1 Å². The van der Waals surface area contributed by atoms with Gasteiger partial charge in [-0.1, -0.05) is 6.07 Å². The van der Waals surface area contributed by atoms with Crippen molar-refractivity contribution in [3.8, 4) is 5.75 Å². The minimum atomic E-state index is -0.0213. The molecule has 25 heavy (non-hydrogen) atoms. The molecule has 1 aliphatic heterocycles. The Morgan fingerprint density at radius 3 is 3.00 bits per heavy atom. The summed E-state index contributed by atoms with van der Waals surface area (Å²) < 4.78 is 2.20. The number of likely N-dealkylation sites (tertiary alicyclic amines) is 1.